The Hall–Kier alpha value is -0.380. The summed E-state index contributed by atoms with van der Waals surface area (Å²) in [4.78, 5) is 1.47. The van der Waals surface area contributed by atoms with Crippen LogP contribution in [0.1, 0.15) is 57.2 Å². The summed E-state index contributed by atoms with van der Waals surface area (Å²) >= 11 is 1.87. The Morgan fingerprint density at radius 1 is 1.25 bits per heavy atom. The first-order valence-corrected chi connectivity index (χ1v) is 9.08. The standard InChI is InChI=1S/C17H29NOS/c1-3-18-16(14-15-10-9-13-20-15)17(19-4-2)11-7-5-6-8-12-17/h9-10,13,16,18H,3-8,11-12,14H2,1-2H3. The fourth-order valence-corrected chi connectivity index (χ4v) is 4.28. The molecule has 0 saturated heterocycles. The molecule has 1 unspecified atom stereocenters. The number of thiophene rings is 1. The van der Waals surface area contributed by atoms with E-state index in [1.54, 1.807) is 0 Å². The summed E-state index contributed by atoms with van der Waals surface area (Å²) in [5, 5.41) is 5.91. The van der Waals surface area contributed by atoms with E-state index in [4.69, 9.17) is 4.74 Å². The fourth-order valence-electron chi connectivity index (χ4n) is 3.53. The van der Waals surface area contributed by atoms with Crippen molar-refractivity contribution < 1.29 is 4.74 Å². The molecule has 0 bridgehead atoms. The number of hydrogen-bond donors (Lipinski definition) is 1. The Labute approximate surface area is 127 Å². The molecule has 3 heteroatoms. The first-order valence-electron chi connectivity index (χ1n) is 8.20. The molecule has 2 rings (SSSR count). The van der Waals surface area contributed by atoms with Gasteiger partial charge in [-0.15, -0.1) is 11.3 Å². The molecular weight excluding hydrogens is 266 g/mol. The van der Waals surface area contributed by atoms with Crippen molar-refractivity contribution >= 4 is 11.3 Å². The Bertz CT molecular complexity index is 355. The summed E-state index contributed by atoms with van der Waals surface area (Å²) in [5.41, 5.74) is 0.0469. The first kappa shape index (κ1) is 16.0. The molecule has 0 amide bonds. The van der Waals surface area contributed by atoms with Gasteiger partial charge in [-0.25, -0.2) is 0 Å². The zero-order chi connectivity index (χ0) is 14.3. The molecule has 1 N–H and O–H groups in total. The summed E-state index contributed by atoms with van der Waals surface area (Å²) in [7, 11) is 0. The lowest BCUT2D eigenvalue weighted by molar-refractivity contribution is -0.0762. The van der Waals surface area contributed by atoms with Crippen LogP contribution in [0.15, 0.2) is 17.5 Å². The fraction of sp³-hybridized carbons (Fsp3) is 0.765. The van der Waals surface area contributed by atoms with E-state index in [9.17, 15) is 0 Å². The van der Waals surface area contributed by atoms with Crippen LogP contribution >= 0.6 is 11.3 Å². The number of rotatable bonds is 7. The summed E-state index contributed by atoms with van der Waals surface area (Å²) in [6.45, 7) is 6.19. The Morgan fingerprint density at radius 2 is 2.00 bits per heavy atom. The van der Waals surface area contributed by atoms with Crippen LogP contribution in [-0.4, -0.2) is 24.8 Å². The van der Waals surface area contributed by atoms with Gasteiger partial charge < -0.3 is 10.1 Å². The number of hydrogen-bond acceptors (Lipinski definition) is 3. The predicted molar refractivity (Wildman–Crippen MR) is 87.5 cm³/mol. The second-order valence-corrected chi connectivity index (χ2v) is 6.84. The van der Waals surface area contributed by atoms with E-state index in [-0.39, 0.29) is 5.60 Å². The maximum Gasteiger partial charge on any atom is 0.0838 e. The molecule has 0 radical (unpaired) electrons. The van der Waals surface area contributed by atoms with Gasteiger partial charge in [0.25, 0.3) is 0 Å². The predicted octanol–water partition coefficient (Wildman–Crippen LogP) is 4.40. The molecule has 1 aliphatic carbocycles. The van der Waals surface area contributed by atoms with Crippen LogP contribution in [0.5, 0.6) is 0 Å². The quantitative estimate of drug-likeness (QED) is 0.753. The molecule has 114 valence electrons. The van der Waals surface area contributed by atoms with Crippen molar-refractivity contribution in [3.05, 3.63) is 22.4 Å². The summed E-state index contributed by atoms with van der Waals surface area (Å²) in [6.07, 6.45) is 8.89. The highest BCUT2D eigenvalue weighted by Crippen LogP contribution is 2.35. The monoisotopic (exact) mass is 295 g/mol. The maximum absolute atomic E-state index is 6.36. The second kappa shape index (κ2) is 8.16. The van der Waals surface area contributed by atoms with Crippen molar-refractivity contribution in [3.8, 4) is 0 Å². The topological polar surface area (TPSA) is 21.3 Å². The summed E-state index contributed by atoms with van der Waals surface area (Å²) in [6, 6.07) is 4.86. The zero-order valence-electron chi connectivity index (χ0n) is 13.0. The van der Waals surface area contributed by atoms with Crippen LogP contribution in [0.3, 0.4) is 0 Å². The van der Waals surface area contributed by atoms with E-state index in [1.165, 1.54) is 43.4 Å². The van der Waals surface area contributed by atoms with E-state index in [0.29, 0.717) is 6.04 Å². The minimum atomic E-state index is 0.0469. The lowest BCUT2D eigenvalue weighted by atomic mass is 9.83. The highest BCUT2D eigenvalue weighted by molar-refractivity contribution is 7.09. The summed E-state index contributed by atoms with van der Waals surface area (Å²) in [5.74, 6) is 0. The van der Waals surface area contributed by atoms with Gasteiger partial charge in [0, 0.05) is 17.5 Å². The SMILES string of the molecule is CCNC(Cc1cccs1)C1(OCC)CCCCCC1. The summed E-state index contributed by atoms with van der Waals surface area (Å²) < 4.78 is 6.36. The third-order valence-electron chi connectivity index (χ3n) is 4.45. The molecular formula is C17H29NOS. The van der Waals surface area contributed by atoms with Crippen LogP contribution in [0, 0.1) is 0 Å². The number of ether oxygens (including phenoxy) is 1. The van der Waals surface area contributed by atoms with Crippen molar-refractivity contribution in [2.24, 2.45) is 0 Å². The van der Waals surface area contributed by atoms with Gasteiger partial charge in [0.1, 0.15) is 0 Å². The molecule has 1 aliphatic rings. The molecule has 1 aromatic rings. The van der Waals surface area contributed by atoms with E-state index >= 15 is 0 Å². The molecule has 1 atom stereocenters. The molecule has 20 heavy (non-hydrogen) atoms. The smallest absolute Gasteiger partial charge is 0.0838 e. The highest BCUT2D eigenvalue weighted by Gasteiger charge is 2.39. The zero-order valence-corrected chi connectivity index (χ0v) is 13.8. The minimum Gasteiger partial charge on any atom is -0.374 e. The van der Waals surface area contributed by atoms with Gasteiger partial charge in [-0.2, -0.15) is 0 Å². The average molecular weight is 295 g/mol. The van der Waals surface area contributed by atoms with E-state index in [1.807, 2.05) is 11.3 Å². The van der Waals surface area contributed by atoms with Gasteiger partial charge in [-0.05, 0) is 44.2 Å². The van der Waals surface area contributed by atoms with Gasteiger partial charge in [0.05, 0.1) is 5.60 Å². The van der Waals surface area contributed by atoms with Gasteiger partial charge >= 0.3 is 0 Å². The molecule has 1 saturated carbocycles. The van der Waals surface area contributed by atoms with Crippen LogP contribution < -0.4 is 5.32 Å². The molecule has 1 aromatic heterocycles. The number of likely N-dealkylation sites (N-methyl/N-ethyl adjacent to an activating group) is 1. The minimum absolute atomic E-state index is 0.0469. The van der Waals surface area contributed by atoms with Gasteiger partial charge in [0.2, 0.25) is 0 Å². The van der Waals surface area contributed by atoms with Crippen molar-refractivity contribution in [2.45, 2.75) is 70.4 Å². The molecule has 0 aromatic carbocycles. The van der Waals surface area contributed by atoms with Gasteiger partial charge in [-0.1, -0.05) is 38.7 Å². The van der Waals surface area contributed by atoms with Gasteiger partial charge in [0.15, 0.2) is 0 Å². The van der Waals surface area contributed by atoms with E-state index in [0.717, 1.165) is 19.6 Å². The Balaban J connectivity index is 2.16. The first-order chi connectivity index (χ1) is 9.80. The van der Waals surface area contributed by atoms with Crippen LogP contribution in [-0.2, 0) is 11.2 Å². The normalized spacial score (nSPS) is 20.5. The highest BCUT2D eigenvalue weighted by atomic mass is 32.1. The average Bonchev–Trinajstić information content (AvgIpc) is 2.84. The van der Waals surface area contributed by atoms with E-state index in [2.05, 4.69) is 36.7 Å². The molecule has 2 nitrogen and oxygen atoms in total. The van der Waals surface area contributed by atoms with Gasteiger partial charge in [-0.3, -0.25) is 0 Å². The maximum atomic E-state index is 6.36. The van der Waals surface area contributed by atoms with Crippen molar-refractivity contribution in [1.29, 1.82) is 0 Å². The molecule has 1 heterocycles. The van der Waals surface area contributed by atoms with Crippen molar-refractivity contribution in [1.82, 2.24) is 5.32 Å². The third-order valence-corrected chi connectivity index (χ3v) is 5.35. The Kier molecular flexibility index (Phi) is 6.53. The lowest BCUT2D eigenvalue weighted by Crippen LogP contribution is -2.53. The van der Waals surface area contributed by atoms with Crippen LogP contribution in [0.25, 0.3) is 0 Å². The Morgan fingerprint density at radius 3 is 2.55 bits per heavy atom. The third kappa shape index (κ3) is 4.06. The van der Waals surface area contributed by atoms with Crippen LogP contribution in [0.2, 0.25) is 0 Å². The number of nitrogens with one attached hydrogen (secondary N) is 1. The second-order valence-electron chi connectivity index (χ2n) is 5.81. The van der Waals surface area contributed by atoms with Crippen LogP contribution in [0.4, 0.5) is 0 Å². The molecule has 0 aliphatic heterocycles. The van der Waals surface area contributed by atoms with E-state index < -0.39 is 0 Å². The molecule has 1 fully saturated rings. The van der Waals surface area contributed by atoms with Crippen molar-refractivity contribution in [3.63, 3.8) is 0 Å². The lowest BCUT2D eigenvalue weighted by Gasteiger charge is -2.40. The molecule has 0 spiro atoms. The van der Waals surface area contributed by atoms with Crippen molar-refractivity contribution in [2.75, 3.05) is 13.2 Å². The largest absolute Gasteiger partial charge is 0.374 e.